The second kappa shape index (κ2) is 7.99. The van der Waals surface area contributed by atoms with Crippen LogP contribution in [0.2, 0.25) is 0 Å². The second-order valence-electron chi connectivity index (χ2n) is 10.5. The van der Waals surface area contributed by atoms with Gasteiger partial charge in [-0.3, -0.25) is 19.2 Å². The molecule has 176 valence electrons. The van der Waals surface area contributed by atoms with E-state index in [1.54, 1.807) is 0 Å². The van der Waals surface area contributed by atoms with Gasteiger partial charge in [-0.15, -0.1) is 0 Å². The zero-order valence-electron chi connectivity index (χ0n) is 19.6. The molecule has 7 nitrogen and oxygen atoms in total. The maximum Gasteiger partial charge on any atom is 0.303 e. The van der Waals surface area contributed by atoms with Gasteiger partial charge in [0, 0.05) is 56.8 Å². The number of carbonyl (C=O) groups excluding carboxylic acids is 4. The molecule has 0 heterocycles. The van der Waals surface area contributed by atoms with Crippen LogP contribution in [-0.4, -0.2) is 42.0 Å². The molecular formula is C25H34O7. The van der Waals surface area contributed by atoms with Crippen molar-refractivity contribution in [3.8, 4) is 0 Å². The van der Waals surface area contributed by atoms with Gasteiger partial charge >= 0.3 is 17.9 Å². The first-order valence-corrected chi connectivity index (χ1v) is 11.7. The predicted molar refractivity (Wildman–Crippen MR) is 114 cm³/mol. The molecule has 6 unspecified atom stereocenters. The van der Waals surface area contributed by atoms with E-state index in [1.165, 1.54) is 20.8 Å². The van der Waals surface area contributed by atoms with E-state index in [9.17, 15) is 19.2 Å². The smallest absolute Gasteiger partial charge is 0.303 e. The van der Waals surface area contributed by atoms with E-state index in [4.69, 9.17) is 14.2 Å². The largest absolute Gasteiger partial charge is 0.462 e. The first-order valence-electron chi connectivity index (χ1n) is 11.7. The van der Waals surface area contributed by atoms with E-state index in [0.717, 1.165) is 24.8 Å². The summed E-state index contributed by atoms with van der Waals surface area (Å²) in [7, 11) is 0. The second-order valence-corrected chi connectivity index (χ2v) is 10.5. The number of rotatable bonds is 3. The van der Waals surface area contributed by atoms with E-state index < -0.39 is 29.1 Å². The number of carbonyl (C=O) groups is 4. The van der Waals surface area contributed by atoms with Gasteiger partial charge in [-0.05, 0) is 37.2 Å². The number of ether oxygens (including phenoxy) is 3. The van der Waals surface area contributed by atoms with Crippen molar-refractivity contribution in [3.05, 3.63) is 11.6 Å². The molecular weight excluding hydrogens is 412 g/mol. The fraction of sp³-hybridized carbons (Fsp3) is 0.760. The molecule has 0 saturated heterocycles. The summed E-state index contributed by atoms with van der Waals surface area (Å²) in [6.45, 7) is 8.39. The monoisotopic (exact) mass is 446 g/mol. The highest BCUT2D eigenvalue weighted by Gasteiger charge is 2.64. The Morgan fingerprint density at radius 3 is 2.22 bits per heavy atom. The molecule has 4 rings (SSSR count). The summed E-state index contributed by atoms with van der Waals surface area (Å²) >= 11 is 0. The van der Waals surface area contributed by atoms with Gasteiger partial charge in [-0.2, -0.15) is 0 Å². The molecule has 32 heavy (non-hydrogen) atoms. The number of fused-ring (bicyclic) bond motifs is 5. The molecule has 8 atom stereocenters. The van der Waals surface area contributed by atoms with Crippen molar-refractivity contribution in [3.63, 3.8) is 0 Å². The molecule has 0 spiro atoms. The van der Waals surface area contributed by atoms with E-state index in [1.807, 2.05) is 6.08 Å². The van der Waals surface area contributed by atoms with Crippen LogP contribution in [0, 0.1) is 28.6 Å². The van der Waals surface area contributed by atoms with Crippen molar-refractivity contribution in [1.29, 1.82) is 0 Å². The Morgan fingerprint density at radius 1 is 0.938 bits per heavy atom. The van der Waals surface area contributed by atoms with Gasteiger partial charge in [0.15, 0.2) is 0 Å². The summed E-state index contributed by atoms with van der Waals surface area (Å²) in [6, 6.07) is 0. The van der Waals surface area contributed by atoms with Crippen molar-refractivity contribution in [2.45, 2.75) is 91.5 Å². The lowest BCUT2D eigenvalue weighted by atomic mass is 9.46. The Kier molecular flexibility index (Phi) is 5.74. The first kappa shape index (κ1) is 23.0. The molecule has 0 aliphatic heterocycles. The van der Waals surface area contributed by atoms with E-state index >= 15 is 0 Å². The van der Waals surface area contributed by atoms with Gasteiger partial charge in [-0.1, -0.05) is 19.4 Å². The van der Waals surface area contributed by atoms with Crippen LogP contribution in [0.25, 0.3) is 0 Å². The lowest BCUT2D eigenvalue weighted by Crippen LogP contribution is -2.60. The maximum absolute atomic E-state index is 12.8. The van der Waals surface area contributed by atoms with Crippen molar-refractivity contribution < 1.29 is 33.4 Å². The van der Waals surface area contributed by atoms with Gasteiger partial charge in [0.1, 0.15) is 24.1 Å². The maximum atomic E-state index is 12.8. The van der Waals surface area contributed by atoms with Crippen LogP contribution in [0.5, 0.6) is 0 Å². The molecule has 3 saturated carbocycles. The van der Waals surface area contributed by atoms with Crippen molar-refractivity contribution in [1.82, 2.24) is 0 Å². The standard InChI is InChI=1S/C25H34O7/c1-13(26)30-17-10-16-11-20(31-14(2)27)23-18-6-7-21(29)24(18,4)9-8-19(23)25(16,5)22(12-17)32-15(3)28/h11,17-20,22-23H,6-10,12H2,1-5H3/t17?,18?,19?,20?,22?,23?,24-,25-/m0/s1. The Balaban J connectivity index is 1.80. The lowest BCUT2D eigenvalue weighted by molar-refractivity contribution is -0.179. The third kappa shape index (κ3) is 3.57. The molecule has 0 radical (unpaired) electrons. The third-order valence-corrected chi connectivity index (χ3v) is 8.78. The number of Topliss-reactive ketones (excluding diaryl/α,β-unsaturated/α-hetero) is 1. The molecule has 0 amide bonds. The minimum Gasteiger partial charge on any atom is -0.462 e. The number of hydrogen-bond acceptors (Lipinski definition) is 7. The minimum atomic E-state index is -0.462. The summed E-state index contributed by atoms with van der Waals surface area (Å²) in [5.41, 5.74) is 0.158. The Morgan fingerprint density at radius 2 is 1.59 bits per heavy atom. The number of hydrogen-bond donors (Lipinski definition) is 0. The van der Waals surface area contributed by atoms with Crippen LogP contribution in [0.1, 0.15) is 73.1 Å². The van der Waals surface area contributed by atoms with Crippen LogP contribution in [0.3, 0.4) is 0 Å². The predicted octanol–water partition coefficient (Wildman–Crippen LogP) is 3.53. The topological polar surface area (TPSA) is 96.0 Å². The molecule has 7 heteroatoms. The number of ketones is 1. The van der Waals surface area contributed by atoms with Crippen LogP contribution in [0.4, 0.5) is 0 Å². The Bertz CT molecular complexity index is 876. The van der Waals surface area contributed by atoms with Gasteiger partial charge < -0.3 is 14.2 Å². The highest BCUT2D eigenvalue weighted by atomic mass is 16.6. The lowest BCUT2D eigenvalue weighted by Gasteiger charge is -2.60. The average Bonchev–Trinajstić information content (AvgIpc) is 2.97. The van der Waals surface area contributed by atoms with Crippen LogP contribution >= 0.6 is 0 Å². The molecule has 3 fully saturated rings. The van der Waals surface area contributed by atoms with E-state index in [2.05, 4.69) is 13.8 Å². The highest BCUT2D eigenvalue weighted by molar-refractivity contribution is 5.87. The molecule has 0 aromatic heterocycles. The summed E-state index contributed by atoms with van der Waals surface area (Å²) < 4.78 is 17.2. The average molecular weight is 447 g/mol. The first-order chi connectivity index (χ1) is 15.0. The molecule has 0 aromatic rings. The fourth-order valence-electron chi connectivity index (χ4n) is 7.40. The molecule has 4 aliphatic carbocycles. The zero-order valence-corrected chi connectivity index (χ0v) is 19.6. The molecule has 0 bridgehead atoms. The molecule has 4 aliphatic rings. The van der Waals surface area contributed by atoms with Crippen molar-refractivity contribution in [2.75, 3.05) is 0 Å². The van der Waals surface area contributed by atoms with Gasteiger partial charge in [-0.25, -0.2) is 0 Å². The SMILES string of the molecule is CC(=O)OC1CC2=CC(OC(C)=O)C3C(CC[C@]4(C)C(=O)CCC34)[C@@]2(C)C(OC(C)=O)C1. The fourth-order valence-corrected chi connectivity index (χ4v) is 7.40. The zero-order chi connectivity index (χ0) is 23.4. The summed E-state index contributed by atoms with van der Waals surface area (Å²) in [5.74, 6) is -0.581. The minimum absolute atomic E-state index is 0.0128. The van der Waals surface area contributed by atoms with Gasteiger partial charge in [0.25, 0.3) is 0 Å². The Hall–Kier alpha value is -2.18. The third-order valence-electron chi connectivity index (χ3n) is 8.78. The molecule has 0 N–H and O–H groups in total. The van der Waals surface area contributed by atoms with Crippen molar-refractivity contribution >= 4 is 23.7 Å². The summed E-state index contributed by atoms with van der Waals surface area (Å²) in [4.78, 5) is 48.5. The summed E-state index contributed by atoms with van der Waals surface area (Å²) in [5, 5.41) is 0. The van der Waals surface area contributed by atoms with E-state index in [-0.39, 0.29) is 35.7 Å². The quantitative estimate of drug-likeness (QED) is 0.372. The van der Waals surface area contributed by atoms with Crippen LogP contribution in [0.15, 0.2) is 11.6 Å². The van der Waals surface area contributed by atoms with Gasteiger partial charge in [0.2, 0.25) is 0 Å². The normalized spacial score (nSPS) is 42.7. The molecule has 0 aromatic carbocycles. The van der Waals surface area contributed by atoms with Gasteiger partial charge in [0.05, 0.1) is 0 Å². The highest BCUT2D eigenvalue weighted by Crippen LogP contribution is 2.65. The summed E-state index contributed by atoms with van der Waals surface area (Å²) in [6.07, 6.45) is 4.62. The van der Waals surface area contributed by atoms with Crippen molar-refractivity contribution in [2.24, 2.45) is 28.6 Å². The van der Waals surface area contributed by atoms with E-state index in [0.29, 0.717) is 25.0 Å². The van der Waals surface area contributed by atoms with Crippen LogP contribution < -0.4 is 0 Å². The Labute approximate surface area is 189 Å². The number of esters is 3. The van der Waals surface area contributed by atoms with Crippen LogP contribution in [-0.2, 0) is 33.4 Å².